The molecule has 4 aromatic rings. The smallest absolute Gasteiger partial charge is 0.257 e. The first kappa shape index (κ1) is 26.5. The normalized spacial score (nSPS) is 10.8. The van der Waals surface area contributed by atoms with E-state index in [-0.39, 0.29) is 18.2 Å². The van der Waals surface area contributed by atoms with Gasteiger partial charge in [0.25, 0.3) is 5.91 Å². The average molecular weight is 530 g/mol. The van der Waals surface area contributed by atoms with Gasteiger partial charge in [-0.25, -0.2) is 5.43 Å². The molecule has 0 unspecified atom stereocenters. The van der Waals surface area contributed by atoms with Crippen molar-refractivity contribution in [3.8, 4) is 11.5 Å². The number of nitrogens with one attached hydrogen (secondary N) is 2. The van der Waals surface area contributed by atoms with Crippen molar-refractivity contribution in [3.63, 3.8) is 0 Å². The maximum atomic E-state index is 12.4. The Labute approximate surface area is 224 Å². The molecular weight excluding hydrogens is 502 g/mol. The summed E-state index contributed by atoms with van der Waals surface area (Å²) in [6.45, 7) is 4.66. The van der Waals surface area contributed by atoms with Crippen molar-refractivity contribution in [2.75, 3.05) is 18.5 Å². The number of carbonyl (C=O) groups is 2. The van der Waals surface area contributed by atoms with E-state index in [0.29, 0.717) is 34.7 Å². The Kier molecular flexibility index (Phi) is 9.14. The number of aryl methyl sites for hydroxylation is 2. The lowest BCUT2D eigenvalue weighted by Crippen LogP contribution is -2.19. The van der Waals surface area contributed by atoms with Crippen LogP contribution in [0.2, 0.25) is 0 Å². The van der Waals surface area contributed by atoms with Gasteiger partial charge in [-0.3, -0.25) is 14.9 Å². The van der Waals surface area contributed by atoms with Gasteiger partial charge >= 0.3 is 0 Å². The van der Waals surface area contributed by atoms with Crippen molar-refractivity contribution in [1.29, 1.82) is 0 Å². The summed E-state index contributed by atoms with van der Waals surface area (Å²) in [5.41, 5.74) is 5.73. The number of hydrogen-bond donors (Lipinski definition) is 2. The molecule has 3 aromatic carbocycles. The molecule has 2 N–H and O–H groups in total. The third-order valence-corrected chi connectivity index (χ3v) is 6.19. The number of anilines is 1. The minimum absolute atomic E-state index is 0.0146. The highest BCUT2D eigenvalue weighted by Crippen LogP contribution is 2.18. The van der Waals surface area contributed by atoms with E-state index in [2.05, 4.69) is 26.0 Å². The monoisotopic (exact) mass is 529 g/mol. The van der Waals surface area contributed by atoms with Crippen LogP contribution in [-0.4, -0.2) is 41.4 Å². The maximum absolute atomic E-state index is 12.4. The van der Waals surface area contributed by atoms with Crippen molar-refractivity contribution in [2.24, 2.45) is 5.10 Å². The fraction of sp³-hybridized carbons (Fsp3) is 0.179. The van der Waals surface area contributed by atoms with Crippen molar-refractivity contribution >= 4 is 34.5 Å². The van der Waals surface area contributed by atoms with Crippen LogP contribution in [0.3, 0.4) is 0 Å². The summed E-state index contributed by atoms with van der Waals surface area (Å²) >= 11 is 1.14. The number of para-hydroxylation sites is 1. The van der Waals surface area contributed by atoms with E-state index in [4.69, 9.17) is 9.47 Å². The molecule has 0 radical (unpaired) electrons. The van der Waals surface area contributed by atoms with Gasteiger partial charge < -0.3 is 9.47 Å². The van der Waals surface area contributed by atoms with Crippen LogP contribution in [0.15, 0.2) is 77.9 Å². The average Bonchev–Trinajstić information content (AvgIpc) is 3.34. The van der Waals surface area contributed by atoms with E-state index >= 15 is 0 Å². The van der Waals surface area contributed by atoms with Gasteiger partial charge in [-0.15, -0.1) is 10.2 Å². The van der Waals surface area contributed by atoms with Crippen LogP contribution in [0.1, 0.15) is 32.1 Å². The molecule has 194 valence electrons. The number of aromatic nitrogens is 2. The Hall–Kier alpha value is -4.57. The number of hydrogen-bond acceptors (Lipinski definition) is 8. The summed E-state index contributed by atoms with van der Waals surface area (Å²) < 4.78 is 11.5. The number of benzene rings is 3. The Bertz CT molecular complexity index is 1440. The molecule has 1 heterocycles. The molecule has 0 spiro atoms. The summed E-state index contributed by atoms with van der Waals surface area (Å²) in [4.78, 5) is 24.7. The number of hydrazone groups is 1. The van der Waals surface area contributed by atoms with E-state index in [1.165, 1.54) is 6.21 Å². The first-order valence-electron chi connectivity index (χ1n) is 11.9. The van der Waals surface area contributed by atoms with E-state index < -0.39 is 0 Å². The largest absolute Gasteiger partial charge is 0.490 e. The third-order valence-electron chi connectivity index (χ3n) is 5.35. The second kappa shape index (κ2) is 13.1. The fourth-order valence-electron chi connectivity index (χ4n) is 3.44. The molecule has 2 amide bonds. The molecule has 0 saturated heterocycles. The number of carbonyl (C=O) groups excluding carboxylic acids is 2. The fourth-order valence-corrected chi connectivity index (χ4v) is 4.17. The number of nitrogens with zero attached hydrogens (tertiary/aromatic N) is 3. The first-order valence-corrected chi connectivity index (χ1v) is 12.7. The maximum Gasteiger partial charge on any atom is 0.257 e. The molecule has 9 nitrogen and oxygen atoms in total. The summed E-state index contributed by atoms with van der Waals surface area (Å²) in [5, 5.41) is 15.4. The predicted octanol–water partition coefficient (Wildman–Crippen LogP) is 4.56. The molecule has 0 saturated carbocycles. The molecule has 0 fully saturated rings. The van der Waals surface area contributed by atoms with Crippen LogP contribution < -0.4 is 20.2 Å². The third kappa shape index (κ3) is 7.71. The van der Waals surface area contributed by atoms with E-state index in [1.54, 1.807) is 12.1 Å². The van der Waals surface area contributed by atoms with Crippen molar-refractivity contribution in [2.45, 2.75) is 20.3 Å². The topological polar surface area (TPSA) is 115 Å². The summed E-state index contributed by atoms with van der Waals surface area (Å²) in [7, 11) is 0. The van der Waals surface area contributed by atoms with Gasteiger partial charge in [0.1, 0.15) is 29.7 Å². The zero-order valence-corrected chi connectivity index (χ0v) is 21.8. The van der Waals surface area contributed by atoms with E-state index in [9.17, 15) is 9.59 Å². The number of rotatable bonds is 11. The van der Waals surface area contributed by atoms with Crippen LogP contribution in [0.4, 0.5) is 5.13 Å². The van der Waals surface area contributed by atoms with Crippen molar-refractivity contribution in [1.82, 2.24) is 15.6 Å². The standard InChI is InChI=1S/C28H27N5O4S/c1-19-8-3-5-12-23(19)27(35)30-28-33-32-26(38-28)17-25(34)31-29-18-21-10-7-11-22(16-21)36-14-15-37-24-13-6-4-9-20(24)2/h3-13,16,18H,14-15,17H2,1-2H3,(H,31,34)(H,30,33,35). The van der Waals surface area contributed by atoms with Crippen LogP contribution in [0.5, 0.6) is 11.5 Å². The minimum Gasteiger partial charge on any atom is -0.490 e. The van der Waals surface area contributed by atoms with Crippen LogP contribution in [-0.2, 0) is 11.2 Å². The second-order valence-electron chi connectivity index (χ2n) is 8.27. The highest BCUT2D eigenvalue weighted by molar-refractivity contribution is 7.15. The number of ether oxygens (including phenoxy) is 2. The lowest BCUT2D eigenvalue weighted by molar-refractivity contribution is -0.120. The Morgan fingerprint density at radius 3 is 2.50 bits per heavy atom. The quantitative estimate of drug-likeness (QED) is 0.167. The van der Waals surface area contributed by atoms with E-state index in [1.807, 2.05) is 74.5 Å². The van der Waals surface area contributed by atoms with Crippen molar-refractivity contribution < 1.29 is 19.1 Å². The zero-order chi connectivity index (χ0) is 26.7. The summed E-state index contributed by atoms with van der Waals surface area (Å²) in [6, 6.07) is 22.4. The molecule has 4 rings (SSSR count). The molecule has 38 heavy (non-hydrogen) atoms. The Balaban J connectivity index is 1.21. The van der Waals surface area contributed by atoms with Gasteiger partial charge in [0.2, 0.25) is 11.0 Å². The van der Waals surface area contributed by atoms with Crippen LogP contribution in [0, 0.1) is 13.8 Å². The lowest BCUT2D eigenvalue weighted by atomic mass is 10.1. The van der Waals surface area contributed by atoms with Gasteiger partial charge in [-0.05, 0) is 54.8 Å². The molecule has 1 aromatic heterocycles. The molecule has 0 aliphatic heterocycles. The van der Waals surface area contributed by atoms with Gasteiger partial charge in [0.05, 0.1) is 12.6 Å². The lowest BCUT2D eigenvalue weighted by Gasteiger charge is -2.10. The number of amides is 2. The first-order chi connectivity index (χ1) is 18.5. The molecule has 10 heteroatoms. The van der Waals surface area contributed by atoms with Crippen LogP contribution in [0.25, 0.3) is 0 Å². The molecular formula is C28H27N5O4S. The van der Waals surface area contributed by atoms with Gasteiger partial charge in [-0.2, -0.15) is 5.10 Å². The van der Waals surface area contributed by atoms with Gasteiger partial charge in [-0.1, -0.05) is 59.9 Å². The molecule has 0 bridgehead atoms. The molecule has 0 aliphatic rings. The van der Waals surface area contributed by atoms with Crippen molar-refractivity contribution in [3.05, 3.63) is 100 Å². The Morgan fingerprint density at radius 2 is 1.68 bits per heavy atom. The highest BCUT2D eigenvalue weighted by Gasteiger charge is 2.13. The van der Waals surface area contributed by atoms with Crippen LogP contribution >= 0.6 is 11.3 Å². The highest BCUT2D eigenvalue weighted by atomic mass is 32.1. The van der Waals surface area contributed by atoms with Gasteiger partial charge in [0, 0.05) is 5.56 Å². The van der Waals surface area contributed by atoms with Gasteiger partial charge in [0.15, 0.2) is 0 Å². The zero-order valence-electron chi connectivity index (χ0n) is 21.0. The SMILES string of the molecule is Cc1ccccc1OCCOc1cccc(C=NNC(=O)Cc2nnc(NC(=O)c3ccccc3C)s2)c1. The van der Waals surface area contributed by atoms with E-state index in [0.717, 1.165) is 33.8 Å². The summed E-state index contributed by atoms with van der Waals surface area (Å²) in [5.74, 6) is 0.882. The summed E-state index contributed by atoms with van der Waals surface area (Å²) in [6.07, 6.45) is 1.52. The Morgan fingerprint density at radius 1 is 0.921 bits per heavy atom. The second-order valence-corrected chi connectivity index (χ2v) is 9.34. The minimum atomic E-state index is -0.352. The molecule has 0 aliphatic carbocycles. The molecule has 0 atom stereocenters. The predicted molar refractivity (Wildman–Crippen MR) is 147 cm³/mol.